The molecule has 0 bridgehead atoms. The third kappa shape index (κ3) is 1.04. The number of para-hydroxylation sites is 2. The van der Waals surface area contributed by atoms with Crippen molar-refractivity contribution >= 4 is 11.4 Å². The summed E-state index contributed by atoms with van der Waals surface area (Å²) in [6.45, 7) is 4.48. The van der Waals surface area contributed by atoms with E-state index in [0.717, 1.165) is 17.9 Å². The fourth-order valence-corrected chi connectivity index (χ4v) is 1.28. The molecule has 12 heavy (non-hydrogen) atoms. The van der Waals surface area contributed by atoms with Crippen molar-refractivity contribution in [2.24, 2.45) is 0 Å². The van der Waals surface area contributed by atoms with Gasteiger partial charge in [-0.15, -0.1) is 12.1 Å². The van der Waals surface area contributed by atoms with Gasteiger partial charge in [0.05, 0.1) is 17.9 Å². The predicted octanol–water partition coefficient (Wildman–Crippen LogP) is 1.52. The molecule has 1 aromatic carbocycles. The zero-order valence-electron chi connectivity index (χ0n) is 6.75. The first kappa shape index (κ1) is 7.18. The molecular formula is C9H11N3. The van der Waals surface area contributed by atoms with E-state index < -0.39 is 0 Å². The van der Waals surface area contributed by atoms with Crippen molar-refractivity contribution < 1.29 is 0 Å². The lowest BCUT2D eigenvalue weighted by atomic mass is 10.3. The molecule has 0 atom stereocenters. The molecule has 0 aliphatic carbocycles. The number of rotatable bonds is 2. The molecule has 0 fully saturated rings. The number of hydrazine groups is 2. The Hall–Kier alpha value is -1.48. The lowest BCUT2D eigenvalue weighted by Gasteiger charge is -2.14. The van der Waals surface area contributed by atoms with E-state index in [1.165, 1.54) is 0 Å². The Morgan fingerprint density at radius 3 is 3.08 bits per heavy atom. The highest BCUT2D eigenvalue weighted by atomic mass is 15.7. The van der Waals surface area contributed by atoms with E-state index in [4.69, 9.17) is 0 Å². The van der Waals surface area contributed by atoms with Crippen LogP contribution in [0.25, 0.3) is 0 Å². The van der Waals surface area contributed by atoms with Gasteiger partial charge in [-0.25, -0.2) is 0 Å². The molecule has 0 radical (unpaired) electrons. The minimum absolute atomic E-state index is 0.796. The van der Waals surface area contributed by atoms with Crippen molar-refractivity contribution in [2.45, 2.75) is 0 Å². The predicted molar refractivity (Wildman–Crippen MR) is 50.7 cm³/mol. The van der Waals surface area contributed by atoms with Crippen molar-refractivity contribution in [3.05, 3.63) is 36.9 Å². The van der Waals surface area contributed by atoms with E-state index in [9.17, 15) is 0 Å². The molecule has 1 heterocycles. The second kappa shape index (κ2) is 2.87. The monoisotopic (exact) mass is 161 g/mol. The van der Waals surface area contributed by atoms with Gasteiger partial charge in [0.1, 0.15) is 0 Å². The van der Waals surface area contributed by atoms with Gasteiger partial charge in [-0.05, 0) is 12.1 Å². The SMILES string of the molecule is C=CCN1NNc2ccccc21. The summed E-state index contributed by atoms with van der Waals surface area (Å²) in [5.41, 5.74) is 8.37. The second-order valence-corrected chi connectivity index (χ2v) is 2.65. The number of nitrogens with zero attached hydrogens (tertiary/aromatic N) is 1. The summed E-state index contributed by atoms with van der Waals surface area (Å²) < 4.78 is 0. The van der Waals surface area contributed by atoms with E-state index in [1.807, 2.05) is 29.3 Å². The van der Waals surface area contributed by atoms with E-state index in [2.05, 4.69) is 23.6 Å². The summed E-state index contributed by atoms with van der Waals surface area (Å²) in [6, 6.07) is 8.12. The van der Waals surface area contributed by atoms with Gasteiger partial charge in [0.25, 0.3) is 0 Å². The zero-order valence-corrected chi connectivity index (χ0v) is 6.75. The van der Waals surface area contributed by atoms with Crippen LogP contribution in [0.2, 0.25) is 0 Å². The van der Waals surface area contributed by atoms with Gasteiger partial charge in [-0.1, -0.05) is 18.2 Å². The first-order chi connectivity index (χ1) is 5.92. The number of anilines is 2. The normalized spacial score (nSPS) is 13.8. The maximum Gasteiger partial charge on any atom is 0.0786 e. The van der Waals surface area contributed by atoms with Crippen LogP contribution in [-0.4, -0.2) is 6.54 Å². The highest BCUT2D eigenvalue weighted by Gasteiger charge is 2.14. The lowest BCUT2D eigenvalue weighted by molar-refractivity contribution is 0.778. The van der Waals surface area contributed by atoms with Crippen LogP contribution in [0, 0.1) is 0 Å². The highest BCUT2D eigenvalue weighted by molar-refractivity contribution is 5.72. The Bertz CT molecular complexity index is 296. The molecular weight excluding hydrogens is 150 g/mol. The van der Waals surface area contributed by atoms with Crippen LogP contribution in [0.15, 0.2) is 36.9 Å². The van der Waals surface area contributed by atoms with Crippen LogP contribution in [0.5, 0.6) is 0 Å². The first-order valence-electron chi connectivity index (χ1n) is 3.91. The summed E-state index contributed by atoms with van der Waals surface area (Å²) >= 11 is 0. The average molecular weight is 161 g/mol. The van der Waals surface area contributed by atoms with E-state index in [1.54, 1.807) is 0 Å². The molecule has 1 aromatic rings. The first-order valence-corrected chi connectivity index (χ1v) is 3.91. The number of hydrogen-bond donors (Lipinski definition) is 2. The van der Waals surface area contributed by atoms with Crippen LogP contribution in [0.1, 0.15) is 0 Å². The van der Waals surface area contributed by atoms with Crippen LogP contribution in [0.4, 0.5) is 11.4 Å². The largest absolute Gasteiger partial charge is 0.302 e. The Morgan fingerprint density at radius 1 is 1.42 bits per heavy atom. The Balaban J connectivity index is 2.29. The molecule has 62 valence electrons. The molecule has 0 aromatic heterocycles. The van der Waals surface area contributed by atoms with Crippen molar-refractivity contribution in [1.29, 1.82) is 0 Å². The molecule has 0 amide bonds. The van der Waals surface area contributed by atoms with Crippen molar-refractivity contribution in [3.8, 4) is 0 Å². The minimum Gasteiger partial charge on any atom is -0.302 e. The maximum absolute atomic E-state index is 3.69. The topological polar surface area (TPSA) is 27.3 Å². The van der Waals surface area contributed by atoms with E-state index in [0.29, 0.717) is 0 Å². The van der Waals surface area contributed by atoms with Crippen LogP contribution < -0.4 is 16.0 Å². The van der Waals surface area contributed by atoms with Gasteiger partial charge in [-0.2, -0.15) is 0 Å². The lowest BCUT2D eigenvalue weighted by Crippen LogP contribution is -2.35. The summed E-state index contributed by atoms with van der Waals surface area (Å²) in [7, 11) is 0. The standard InChI is InChI=1S/C9H11N3/c1-2-7-12-9-6-4-3-5-8(9)10-11-12/h2-6,10-11H,1,7H2. The van der Waals surface area contributed by atoms with Gasteiger partial charge in [0, 0.05) is 0 Å². The van der Waals surface area contributed by atoms with Crippen LogP contribution in [-0.2, 0) is 0 Å². The van der Waals surface area contributed by atoms with Gasteiger partial charge >= 0.3 is 0 Å². The van der Waals surface area contributed by atoms with Crippen LogP contribution >= 0.6 is 0 Å². The minimum atomic E-state index is 0.796. The fraction of sp³-hybridized carbons (Fsp3) is 0.111. The van der Waals surface area contributed by atoms with Gasteiger partial charge < -0.3 is 5.43 Å². The van der Waals surface area contributed by atoms with E-state index >= 15 is 0 Å². The molecule has 1 aliphatic heterocycles. The fourth-order valence-electron chi connectivity index (χ4n) is 1.28. The molecule has 0 saturated carbocycles. The molecule has 3 nitrogen and oxygen atoms in total. The van der Waals surface area contributed by atoms with Crippen molar-refractivity contribution in [1.82, 2.24) is 5.53 Å². The summed E-state index contributed by atoms with van der Waals surface area (Å²) in [5, 5.41) is 2.00. The maximum atomic E-state index is 3.69. The molecule has 1 aliphatic rings. The smallest absolute Gasteiger partial charge is 0.0786 e. The van der Waals surface area contributed by atoms with E-state index in [-0.39, 0.29) is 0 Å². The van der Waals surface area contributed by atoms with Gasteiger partial charge in [-0.3, -0.25) is 5.01 Å². The number of benzene rings is 1. The third-order valence-electron chi connectivity index (χ3n) is 1.83. The Kier molecular flexibility index (Phi) is 1.72. The molecule has 2 rings (SSSR count). The molecule has 0 spiro atoms. The van der Waals surface area contributed by atoms with Crippen molar-refractivity contribution in [2.75, 3.05) is 17.0 Å². The van der Waals surface area contributed by atoms with Crippen molar-refractivity contribution in [3.63, 3.8) is 0 Å². The number of hydrogen-bond acceptors (Lipinski definition) is 3. The zero-order chi connectivity index (χ0) is 8.39. The quantitative estimate of drug-likeness (QED) is 0.644. The van der Waals surface area contributed by atoms with Gasteiger partial charge in [0.2, 0.25) is 0 Å². The number of fused-ring (bicyclic) bond motifs is 1. The summed E-state index contributed by atoms with van der Waals surface area (Å²) in [4.78, 5) is 0. The Morgan fingerprint density at radius 2 is 2.25 bits per heavy atom. The highest BCUT2D eigenvalue weighted by Crippen LogP contribution is 2.27. The third-order valence-corrected chi connectivity index (χ3v) is 1.83. The van der Waals surface area contributed by atoms with Crippen LogP contribution in [0.3, 0.4) is 0 Å². The molecule has 0 saturated heterocycles. The molecule has 0 unspecified atom stereocenters. The number of nitrogens with one attached hydrogen (secondary N) is 2. The summed E-state index contributed by atoms with van der Waals surface area (Å²) in [5.74, 6) is 0. The average Bonchev–Trinajstić information content (AvgIpc) is 2.50. The second-order valence-electron chi connectivity index (χ2n) is 2.65. The summed E-state index contributed by atoms with van der Waals surface area (Å²) in [6.07, 6.45) is 1.86. The molecule has 3 heteroatoms. The molecule has 2 N–H and O–H groups in total. The van der Waals surface area contributed by atoms with Gasteiger partial charge in [0.15, 0.2) is 0 Å². The Labute approximate surface area is 71.6 Å².